The van der Waals surface area contributed by atoms with Crippen LogP contribution in [0.1, 0.15) is 19.8 Å². The van der Waals surface area contributed by atoms with Crippen LogP contribution < -0.4 is 4.72 Å². The first-order chi connectivity index (χ1) is 8.50. The zero-order chi connectivity index (χ0) is 13.2. The van der Waals surface area contributed by atoms with Crippen LogP contribution in [-0.2, 0) is 15.0 Å². The third-order valence-corrected chi connectivity index (χ3v) is 4.44. The first-order valence-electron chi connectivity index (χ1n) is 5.71. The van der Waals surface area contributed by atoms with Crippen molar-refractivity contribution in [1.82, 2.24) is 9.29 Å². The van der Waals surface area contributed by atoms with Gasteiger partial charge in [-0.25, -0.2) is 0 Å². The van der Waals surface area contributed by atoms with Crippen LogP contribution in [0, 0.1) is 0 Å². The Morgan fingerprint density at radius 1 is 1.56 bits per heavy atom. The van der Waals surface area contributed by atoms with E-state index in [1.165, 1.54) is 17.4 Å². The number of nitrogens with zero attached hydrogens (tertiary/aromatic N) is 2. The van der Waals surface area contributed by atoms with Gasteiger partial charge in [0.25, 0.3) is 0 Å². The Bertz CT molecular complexity index is 530. The highest BCUT2D eigenvalue weighted by Gasteiger charge is 2.36. The van der Waals surface area contributed by atoms with Crippen LogP contribution >= 0.6 is 0 Å². The Morgan fingerprint density at radius 2 is 2.33 bits per heavy atom. The fourth-order valence-electron chi connectivity index (χ4n) is 2.06. The molecular formula is C11H15N3O3S. The van der Waals surface area contributed by atoms with Gasteiger partial charge in [0.1, 0.15) is 5.78 Å². The molecule has 0 aliphatic carbocycles. The summed E-state index contributed by atoms with van der Waals surface area (Å²) in [5.41, 5.74) is 0.395. The molecule has 0 unspecified atom stereocenters. The summed E-state index contributed by atoms with van der Waals surface area (Å²) in [6, 6.07) is 2.72. The van der Waals surface area contributed by atoms with Gasteiger partial charge in [-0.3, -0.25) is 14.5 Å². The predicted octanol–water partition coefficient (Wildman–Crippen LogP) is 0.792. The molecule has 98 valence electrons. The molecule has 1 aliphatic rings. The number of carbonyl (C=O) groups is 1. The number of Topliss-reactive ketones (excluding diaryl/α,β-unsaturated/α-hetero) is 1. The van der Waals surface area contributed by atoms with Crippen molar-refractivity contribution in [2.45, 2.75) is 25.8 Å². The maximum atomic E-state index is 12.2. The van der Waals surface area contributed by atoms with Gasteiger partial charge in [0.15, 0.2) is 0 Å². The number of hydrogen-bond acceptors (Lipinski definition) is 4. The van der Waals surface area contributed by atoms with Gasteiger partial charge < -0.3 is 0 Å². The molecule has 1 saturated heterocycles. The molecule has 2 rings (SSSR count). The largest absolute Gasteiger partial charge is 0.302 e. The number of nitrogens with one attached hydrogen (secondary N) is 1. The number of anilines is 1. The van der Waals surface area contributed by atoms with E-state index in [9.17, 15) is 13.2 Å². The topological polar surface area (TPSA) is 79.4 Å². The molecule has 1 aliphatic heterocycles. The second-order valence-corrected chi connectivity index (χ2v) is 5.85. The lowest BCUT2D eigenvalue weighted by Gasteiger charge is -2.22. The van der Waals surface area contributed by atoms with Gasteiger partial charge in [0.2, 0.25) is 0 Å². The molecule has 0 aromatic carbocycles. The van der Waals surface area contributed by atoms with Gasteiger partial charge in [0, 0.05) is 12.7 Å². The smallest absolute Gasteiger partial charge is 0.298 e. The van der Waals surface area contributed by atoms with E-state index >= 15 is 0 Å². The maximum Gasteiger partial charge on any atom is 0.302 e. The van der Waals surface area contributed by atoms with E-state index in [2.05, 4.69) is 9.71 Å². The summed E-state index contributed by atoms with van der Waals surface area (Å²) in [7, 11) is -3.68. The number of rotatable bonds is 4. The second kappa shape index (κ2) is 5.03. The van der Waals surface area contributed by atoms with Crippen molar-refractivity contribution in [3.05, 3.63) is 24.5 Å². The molecule has 1 fully saturated rings. The summed E-state index contributed by atoms with van der Waals surface area (Å²) in [6.07, 6.45) is 4.28. The number of ketones is 1. The molecule has 18 heavy (non-hydrogen) atoms. The van der Waals surface area contributed by atoms with Crippen LogP contribution in [0.15, 0.2) is 24.5 Å². The Kier molecular flexibility index (Phi) is 3.63. The summed E-state index contributed by atoms with van der Waals surface area (Å²) in [4.78, 5) is 15.2. The molecule has 7 heteroatoms. The summed E-state index contributed by atoms with van der Waals surface area (Å²) in [6.45, 7) is 1.79. The summed E-state index contributed by atoms with van der Waals surface area (Å²) >= 11 is 0. The van der Waals surface area contributed by atoms with Gasteiger partial charge in [-0.15, -0.1) is 0 Å². The molecule has 1 aromatic heterocycles. The van der Waals surface area contributed by atoms with Gasteiger partial charge in [-0.2, -0.15) is 12.7 Å². The van der Waals surface area contributed by atoms with Gasteiger partial charge >= 0.3 is 10.2 Å². The van der Waals surface area contributed by atoms with Gasteiger partial charge in [-0.1, -0.05) is 0 Å². The molecule has 1 aromatic rings. The van der Waals surface area contributed by atoms with Gasteiger partial charge in [0.05, 0.1) is 17.9 Å². The highest BCUT2D eigenvalue weighted by Crippen LogP contribution is 2.22. The highest BCUT2D eigenvalue weighted by atomic mass is 32.2. The van der Waals surface area contributed by atoms with Gasteiger partial charge in [-0.05, 0) is 31.9 Å². The van der Waals surface area contributed by atoms with Crippen molar-refractivity contribution < 1.29 is 13.2 Å². The van der Waals surface area contributed by atoms with Crippen LogP contribution in [0.2, 0.25) is 0 Å². The first-order valence-corrected chi connectivity index (χ1v) is 7.15. The number of aromatic nitrogens is 1. The monoisotopic (exact) mass is 269 g/mol. The molecule has 1 N–H and O–H groups in total. The normalized spacial score (nSPS) is 20.8. The average molecular weight is 269 g/mol. The SMILES string of the molecule is CC(=O)[C@@H]1CCCN1S(=O)(=O)Nc1cccnc1. The molecule has 0 spiro atoms. The third kappa shape index (κ3) is 2.68. The minimum atomic E-state index is -3.68. The van der Waals surface area contributed by atoms with E-state index in [-0.39, 0.29) is 5.78 Å². The van der Waals surface area contributed by atoms with E-state index in [1.54, 1.807) is 18.3 Å². The van der Waals surface area contributed by atoms with Crippen molar-refractivity contribution in [1.29, 1.82) is 0 Å². The average Bonchev–Trinajstić information content (AvgIpc) is 2.79. The predicted molar refractivity (Wildman–Crippen MR) is 67.2 cm³/mol. The quantitative estimate of drug-likeness (QED) is 0.876. The van der Waals surface area contributed by atoms with Crippen LogP contribution in [0.4, 0.5) is 5.69 Å². The molecule has 0 amide bonds. The zero-order valence-corrected chi connectivity index (χ0v) is 10.9. The van der Waals surface area contributed by atoms with Crippen molar-refractivity contribution in [2.75, 3.05) is 11.3 Å². The van der Waals surface area contributed by atoms with Crippen molar-refractivity contribution in [3.63, 3.8) is 0 Å². The van der Waals surface area contributed by atoms with E-state index in [0.29, 0.717) is 25.1 Å². The lowest BCUT2D eigenvalue weighted by Crippen LogP contribution is -2.42. The highest BCUT2D eigenvalue weighted by molar-refractivity contribution is 7.90. The third-order valence-electron chi connectivity index (χ3n) is 2.89. The standard InChI is InChI=1S/C11H15N3O3S/c1-9(15)11-5-3-7-14(11)18(16,17)13-10-4-2-6-12-8-10/h2,4,6,8,11,13H,3,5,7H2,1H3/t11-/m0/s1. The van der Waals surface area contributed by atoms with Crippen molar-refractivity contribution >= 4 is 21.7 Å². The van der Waals surface area contributed by atoms with E-state index in [1.807, 2.05) is 0 Å². The molecule has 1 atom stereocenters. The van der Waals surface area contributed by atoms with Crippen molar-refractivity contribution in [3.8, 4) is 0 Å². The lowest BCUT2D eigenvalue weighted by atomic mass is 10.2. The van der Waals surface area contributed by atoms with Crippen molar-refractivity contribution in [2.24, 2.45) is 0 Å². The molecular weight excluding hydrogens is 254 g/mol. The summed E-state index contributed by atoms with van der Waals surface area (Å²) in [5.74, 6) is -0.121. The second-order valence-electron chi connectivity index (χ2n) is 4.23. The lowest BCUT2D eigenvalue weighted by molar-refractivity contribution is -0.119. The zero-order valence-electron chi connectivity index (χ0n) is 10.0. The fourth-order valence-corrected chi connectivity index (χ4v) is 3.56. The Morgan fingerprint density at radius 3 is 2.94 bits per heavy atom. The van der Waals surface area contributed by atoms with E-state index < -0.39 is 16.3 Å². The Hall–Kier alpha value is -1.47. The molecule has 2 heterocycles. The molecule has 0 radical (unpaired) electrons. The first kappa shape index (κ1) is 13.0. The van der Waals surface area contributed by atoms with Crippen LogP contribution in [0.3, 0.4) is 0 Å². The maximum absolute atomic E-state index is 12.2. The number of pyridine rings is 1. The van der Waals surface area contributed by atoms with E-state index in [4.69, 9.17) is 0 Å². The molecule has 0 saturated carbocycles. The molecule has 0 bridgehead atoms. The number of carbonyl (C=O) groups excluding carboxylic acids is 1. The Balaban J connectivity index is 2.19. The molecule has 6 nitrogen and oxygen atoms in total. The summed E-state index contributed by atoms with van der Waals surface area (Å²) in [5, 5.41) is 0. The van der Waals surface area contributed by atoms with E-state index in [0.717, 1.165) is 0 Å². The minimum absolute atomic E-state index is 0.121. The fraction of sp³-hybridized carbons (Fsp3) is 0.455. The van der Waals surface area contributed by atoms with Crippen LogP contribution in [-0.4, -0.2) is 36.1 Å². The Labute approximate surface area is 106 Å². The summed E-state index contributed by atoms with van der Waals surface area (Å²) < 4.78 is 28.0. The van der Waals surface area contributed by atoms with Crippen LogP contribution in [0.25, 0.3) is 0 Å². The number of hydrogen-bond donors (Lipinski definition) is 1. The van der Waals surface area contributed by atoms with Crippen LogP contribution in [0.5, 0.6) is 0 Å². The minimum Gasteiger partial charge on any atom is -0.298 e.